The zero-order valence-electron chi connectivity index (χ0n) is 22.8. The van der Waals surface area contributed by atoms with Crippen LogP contribution in [0.3, 0.4) is 0 Å². The van der Waals surface area contributed by atoms with Gasteiger partial charge in [-0.3, -0.25) is 4.79 Å². The fourth-order valence-corrected chi connectivity index (χ4v) is 6.02. The highest BCUT2D eigenvalue weighted by atomic mass is 32.2. The molecule has 1 unspecified atom stereocenters. The van der Waals surface area contributed by atoms with Crippen molar-refractivity contribution < 1.29 is 32.5 Å². The van der Waals surface area contributed by atoms with Crippen LogP contribution in [0.2, 0.25) is 0 Å². The molecule has 3 rings (SSSR count). The van der Waals surface area contributed by atoms with Crippen LogP contribution in [-0.4, -0.2) is 75.5 Å². The summed E-state index contributed by atoms with van der Waals surface area (Å²) < 4.78 is 44.9. The number of aliphatic hydroxyl groups is 1. The van der Waals surface area contributed by atoms with Gasteiger partial charge in [0.2, 0.25) is 15.9 Å². The number of nitrogens with zero attached hydrogens (tertiary/aromatic N) is 1. The van der Waals surface area contributed by atoms with Crippen LogP contribution in [-0.2, 0) is 29.8 Å². The molecule has 38 heavy (non-hydrogen) atoms. The summed E-state index contributed by atoms with van der Waals surface area (Å²) in [6.45, 7) is 8.15. The SMILES string of the molecule is COc1ccc(S(=O)(=O)N(CC(C)C)C[C@@H](O)[C@@](C)(NC(=O)C(C)O[C@H]2CCOC2)c2ccccc2)cc1. The van der Waals surface area contributed by atoms with Gasteiger partial charge in [-0.2, -0.15) is 4.31 Å². The lowest BCUT2D eigenvalue weighted by Gasteiger charge is -2.39. The quantitative estimate of drug-likeness (QED) is 0.396. The molecule has 1 fully saturated rings. The van der Waals surface area contributed by atoms with Gasteiger partial charge in [-0.15, -0.1) is 0 Å². The molecule has 1 aliphatic heterocycles. The Morgan fingerprint density at radius 3 is 2.34 bits per heavy atom. The van der Waals surface area contributed by atoms with Gasteiger partial charge >= 0.3 is 0 Å². The minimum Gasteiger partial charge on any atom is -0.497 e. The number of nitrogens with one attached hydrogen (secondary N) is 1. The van der Waals surface area contributed by atoms with Gasteiger partial charge in [-0.05, 0) is 56.0 Å². The van der Waals surface area contributed by atoms with Crippen molar-refractivity contribution in [3.63, 3.8) is 0 Å². The minimum atomic E-state index is -3.95. The van der Waals surface area contributed by atoms with Crippen molar-refractivity contribution in [3.05, 3.63) is 60.2 Å². The number of carbonyl (C=O) groups is 1. The van der Waals surface area contributed by atoms with Gasteiger partial charge in [0.05, 0.1) is 36.4 Å². The molecular formula is C28H40N2O7S. The zero-order chi connectivity index (χ0) is 27.9. The van der Waals surface area contributed by atoms with Crippen molar-refractivity contribution in [3.8, 4) is 5.75 Å². The third-order valence-corrected chi connectivity index (χ3v) is 8.56. The zero-order valence-corrected chi connectivity index (χ0v) is 23.6. The van der Waals surface area contributed by atoms with E-state index in [1.807, 2.05) is 32.0 Å². The van der Waals surface area contributed by atoms with E-state index in [1.54, 1.807) is 38.1 Å². The molecule has 1 saturated heterocycles. The van der Waals surface area contributed by atoms with Crippen molar-refractivity contribution in [1.29, 1.82) is 0 Å². The lowest BCUT2D eigenvalue weighted by Crippen LogP contribution is -2.58. The van der Waals surface area contributed by atoms with Crippen LogP contribution in [0.1, 0.15) is 39.7 Å². The number of aliphatic hydroxyl groups excluding tert-OH is 1. The normalized spacial score (nSPS) is 19.2. The minimum absolute atomic E-state index is 0.00477. The van der Waals surface area contributed by atoms with Crippen LogP contribution in [0.5, 0.6) is 5.75 Å². The van der Waals surface area contributed by atoms with Gasteiger partial charge in [-0.1, -0.05) is 44.2 Å². The standard InChI is InChI=1S/C28H40N2O7S/c1-20(2)17-30(38(33,34)25-13-11-23(35-5)12-14-25)18-26(31)28(4,22-9-7-6-8-10-22)29-27(32)21(3)37-24-15-16-36-19-24/h6-14,20-21,24,26,31H,15-19H2,1-5H3,(H,29,32)/t21?,24-,26+,28-/m0/s1. The number of hydrogen-bond donors (Lipinski definition) is 2. The summed E-state index contributed by atoms with van der Waals surface area (Å²) in [5, 5.41) is 14.6. The highest BCUT2D eigenvalue weighted by molar-refractivity contribution is 7.89. The number of amides is 1. The molecule has 9 nitrogen and oxygen atoms in total. The molecule has 10 heteroatoms. The first-order chi connectivity index (χ1) is 18.0. The lowest BCUT2D eigenvalue weighted by molar-refractivity contribution is -0.139. The van der Waals surface area contributed by atoms with Gasteiger partial charge in [0, 0.05) is 19.7 Å². The van der Waals surface area contributed by atoms with Crippen molar-refractivity contribution in [1.82, 2.24) is 9.62 Å². The molecule has 2 aromatic carbocycles. The molecule has 4 atom stereocenters. The summed E-state index contributed by atoms with van der Waals surface area (Å²) in [5.41, 5.74) is -0.657. The van der Waals surface area contributed by atoms with Gasteiger partial charge in [0.1, 0.15) is 11.9 Å². The van der Waals surface area contributed by atoms with Crippen LogP contribution in [0.15, 0.2) is 59.5 Å². The van der Waals surface area contributed by atoms with E-state index in [-0.39, 0.29) is 30.0 Å². The van der Waals surface area contributed by atoms with Gasteiger partial charge in [0.15, 0.2) is 0 Å². The summed E-state index contributed by atoms with van der Waals surface area (Å²) in [6, 6.07) is 15.2. The van der Waals surface area contributed by atoms with Crippen LogP contribution in [0.25, 0.3) is 0 Å². The van der Waals surface area contributed by atoms with E-state index >= 15 is 0 Å². The second kappa shape index (κ2) is 13.0. The van der Waals surface area contributed by atoms with E-state index in [0.717, 1.165) is 0 Å². The van der Waals surface area contributed by atoms with Gasteiger partial charge in [-0.25, -0.2) is 8.42 Å². The first-order valence-corrected chi connectivity index (χ1v) is 14.3. The van der Waals surface area contributed by atoms with Crippen molar-refractivity contribution in [2.45, 2.75) is 62.9 Å². The monoisotopic (exact) mass is 548 g/mol. The van der Waals surface area contributed by atoms with Crippen LogP contribution < -0.4 is 10.1 Å². The summed E-state index contributed by atoms with van der Waals surface area (Å²) in [6.07, 6.45) is -1.52. The summed E-state index contributed by atoms with van der Waals surface area (Å²) in [7, 11) is -2.44. The number of benzene rings is 2. The molecule has 0 radical (unpaired) electrons. The molecule has 0 bridgehead atoms. The Kier molecular flexibility index (Phi) is 10.3. The van der Waals surface area contributed by atoms with E-state index in [1.165, 1.54) is 23.5 Å². The summed E-state index contributed by atoms with van der Waals surface area (Å²) >= 11 is 0. The van der Waals surface area contributed by atoms with Crippen molar-refractivity contribution >= 4 is 15.9 Å². The van der Waals surface area contributed by atoms with Crippen molar-refractivity contribution in [2.75, 3.05) is 33.4 Å². The highest BCUT2D eigenvalue weighted by Gasteiger charge is 2.41. The summed E-state index contributed by atoms with van der Waals surface area (Å²) in [4.78, 5) is 13.3. The van der Waals surface area contributed by atoms with Gasteiger partial charge < -0.3 is 24.6 Å². The molecule has 210 valence electrons. The number of rotatable bonds is 13. The Morgan fingerprint density at radius 1 is 1.13 bits per heavy atom. The maximum Gasteiger partial charge on any atom is 0.249 e. The Morgan fingerprint density at radius 2 is 1.79 bits per heavy atom. The Bertz CT molecular complexity index is 1140. The molecule has 0 aliphatic carbocycles. The van der Waals surface area contributed by atoms with Crippen molar-refractivity contribution in [2.24, 2.45) is 5.92 Å². The molecule has 0 aromatic heterocycles. The molecule has 0 spiro atoms. The largest absolute Gasteiger partial charge is 0.497 e. The van der Waals surface area contributed by atoms with Crippen LogP contribution in [0, 0.1) is 5.92 Å². The average Bonchev–Trinajstić information content (AvgIpc) is 3.41. The second-order valence-electron chi connectivity index (χ2n) is 10.2. The van der Waals surface area contributed by atoms with Crippen LogP contribution >= 0.6 is 0 Å². The number of sulfonamides is 1. The number of hydrogen-bond acceptors (Lipinski definition) is 7. The smallest absolute Gasteiger partial charge is 0.249 e. The molecule has 1 amide bonds. The third kappa shape index (κ3) is 7.33. The number of carbonyl (C=O) groups excluding carboxylic acids is 1. The molecule has 1 heterocycles. The molecular weight excluding hydrogens is 508 g/mol. The molecule has 1 aliphatic rings. The molecule has 2 N–H and O–H groups in total. The highest BCUT2D eigenvalue weighted by Crippen LogP contribution is 2.29. The topological polar surface area (TPSA) is 114 Å². The van der Waals surface area contributed by atoms with E-state index in [0.29, 0.717) is 30.9 Å². The average molecular weight is 549 g/mol. The molecule has 0 saturated carbocycles. The van der Waals surface area contributed by atoms with E-state index < -0.39 is 33.7 Å². The Balaban J connectivity index is 1.89. The molecule has 2 aromatic rings. The number of methoxy groups -OCH3 is 1. The third-order valence-electron chi connectivity index (χ3n) is 6.72. The van der Waals surface area contributed by atoms with E-state index in [2.05, 4.69) is 5.32 Å². The van der Waals surface area contributed by atoms with E-state index in [9.17, 15) is 18.3 Å². The maximum atomic E-state index is 13.6. The lowest BCUT2D eigenvalue weighted by atomic mass is 9.85. The van der Waals surface area contributed by atoms with Crippen LogP contribution in [0.4, 0.5) is 0 Å². The summed E-state index contributed by atoms with van der Waals surface area (Å²) in [5.74, 6) is 0.129. The first-order valence-electron chi connectivity index (χ1n) is 12.9. The fraction of sp³-hybridized carbons (Fsp3) is 0.536. The van der Waals surface area contributed by atoms with E-state index in [4.69, 9.17) is 14.2 Å². The Hall–Kier alpha value is -2.50. The van der Waals surface area contributed by atoms with Gasteiger partial charge in [0.25, 0.3) is 0 Å². The predicted molar refractivity (Wildman–Crippen MR) is 144 cm³/mol. The number of ether oxygens (including phenoxy) is 3. The second-order valence-corrected chi connectivity index (χ2v) is 12.2. The predicted octanol–water partition coefficient (Wildman–Crippen LogP) is 2.93. The Labute approximate surface area is 226 Å². The maximum absolute atomic E-state index is 13.6. The first kappa shape index (κ1) is 30.0. The fourth-order valence-electron chi connectivity index (χ4n) is 4.41.